The highest BCUT2D eigenvalue weighted by Gasteiger charge is 2.49. The Morgan fingerprint density at radius 3 is 2.58 bits per heavy atom. The Kier molecular flexibility index (Phi) is 4.54. The number of aryl methyl sites for hydroxylation is 1. The quantitative estimate of drug-likeness (QED) is 0.922. The number of hydrogen-bond acceptors (Lipinski definition) is 4. The van der Waals surface area contributed by atoms with Crippen molar-refractivity contribution in [2.24, 2.45) is 11.3 Å². The van der Waals surface area contributed by atoms with Gasteiger partial charge in [-0.05, 0) is 44.2 Å². The molecule has 0 radical (unpaired) electrons. The molecule has 0 spiro atoms. The number of fused-ring (bicyclic) bond motifs is 1. The molecular formula is C20H30N2O2. The van der Waals surface area contributed by atoms with Crippen molar-refractivity contribution >= 4 is 5.69 Å². The Labute approximate surface area is 145 Å². The molecule has 2 atom stereocenters. The number of ether oxygens (including phenoxy) is 1. The molecule has 24 heavy (non-hydrogen) atoms. The Morgan fingerprint density at radius 2 is 1.92 bits per heavy atom. The molecule has 1 aromatic rings. The van der Waals surface area contributed by atoms with Crippen molar-refractivity contribution in [3.8, 4) is 0 Å². The van der Waals surface area contributed by atoms with Crippen molar-refractivity contribution in [3.05, 3.63) is 29.8 Å². The van der Waals surface area contributed by atoms with Gasteiger partial charge in [-0.1, -0.05) is 17.7 Å². The molecule has 0 bridgehead atoms. The molecule has 3 heterocycles. The van der Waals surface area contributed by atoms with Gasteiger partial charge >= 0.3 is 0 Å². The topological polar surface area (TPSA) is 35.9 Å². The van der Waals surface area contributed by atoms with Crippen LogP contribution < -0.4 is 4.90 Å². The largest absolute Gasteiger partial charge is 0.396 e. The zero-order chi connectivity index (χ0) is 16.6. The van der Waals surface area contributed by atoms with Crippen molar-refractivity contribution in [1.29, 1.82) is 0 Å². The third-order valence-electron chi connectivity index (χ3n) is 6.53. The lowest BCUT2D eigenvalue weighted by Crippen LogP contribution is -2.46. The van der Waals surface area contributed by atoms with E-state index in [1.165, 1.54) is 24.1 Å². The van der Waals surface area contributed by atoms with Gasteiger partial charge in [-0.2, -0.15) is 0 Å². The molecule has 0 aromatic heterocycles. The predicted octanol–water partition coefficient (Wildman–Crippen LogP) is 2.29. The number of benzene rings is 1. The first-order valence-electron chi connectivity index (χ1n) is 9.44. The van der Waals surface area contributed by atoms with Crippen molar-refractivity contribution in [2.75, 3.05) is 50.9 Å². The number of rotatable bonds is 3. The predicted molar refractivity (Wildman–Crippen MR) is 96.4 cm³/mol. The van der Waals surface area contributed by atoms with Crippen molar-refractivity contribution in [3.63, 3.8) is 0 Å². The third kappa shape index (κ3) is 2.96. The summed E-state index contributed by atoms with van der Waals surface area (Å²) in [6.45, 7) is 8.47. The van der Waals surface area contributed by atoms with Crippen molar-refractivity contribution in [1.82, 2.24) is 4.90 Å². The van der Waals surface area contributed by atoms with Gasteiger partial charge in [-0.25, -0.2) is 0 Å². The molecular weight excluding hydrogens is 300 g/mol. The molecule has 3 aliphatic heterocycles. The molecule has 3 fully saturated rings. The van der Waals surface area contributed by atoms with Gasteiger partial charge in [0, 0.05) is 49.9 Å². The number of nitrogens with zero attached hydrogens (tertiary/aromatic N) is 2. The summed E-state index contributed by atoms with van der Waals surface area (Å²) < 4.78 is 5.70. The van der Waals surface area contributed by atoms with Crippen LogP contribution in [0.1, 0.15) is 24.8 Å². The summed E-state index contributed by atoms with van der Waals surface area (Å²) in [5.41, 5.74) is 2.69. The van der Waals surface area contributed by atoms with E-state index in [-0.39, 0.29) is 12.0 Å². The summed E-state index contributed by atoms with van der Waals surface area (Å²) >= 11 is 0. The molecule has 3 aliphatic rings. The van der Waals surface area contributed by atoms with Crippen LogP contribution >= 0.6 is 0 Å². The highest BCUT2D eigenvalue weighted by molar-refractivity contribution is 5.47. The van der Waals surface area contributed by atoms with Gasteiger partial charge in [-0.15, -0.1) is 0 Å². The lowest BCUT2D eigenvalue weighted by atomic mass is 9.76. The fourth-order valence-electron chi connectivity index (χ4n) is 4.88. The van der Waals surface area contributed by atoms with E-state index in [1.54, 1.807) is 0 Å². The molecule has 0 saturated carbocycles. The van der Waals surface area contributed by atoms with E-state index in [9.17, 15) is 5.11 Å². The van der Waals surface area contributed by atoms with Gasteiger partial charge in [0.2, 0.25) is 0 Å². The van der Waals surface area contributed by atoms with E-state index in [2.05, 4.69) is 41.0 Å². The molecule has 3 saturated heterocycles. The molecule has 4 rings (SSSR count). The summed E-state index contributed by atoms with van der Waals surface area (Å²) in [7, 11) is 0. The summed E-state index contributed by atoms with van der Waals surface area (Å²) in [4.78, 5) is 5.17. The van der Waals surface area contributed by atoms with Gasteiger partial charge in [0.05, 0.1) is 13.2 Å². The standard InChI is InChI=1S/C20H30N2O2/c1-16-2-4-18(5-3-16)21-9-6-19(7-10-21)22-12-17-8-11-24-15-20(17,13-22)14-23/h2-5,17,19,23H,6-15H2,1H3/t17-,20+/m0/s1. The van der Waals surface area contributed by atoms with Crippen LogP contribution in [0.25, 0.3) is 0 Å². The van der Waals surface area contributed by atoms with Crippen LogP contribution in [0.4, 0.5) is 5.69 Å². The molecule has 4 heteroatoms. The Bertz CT molecular complexity index is 553. The third-order valence-corrected chi connectivity index (χ3v) is 6.53. The molecule has 132 valence electrons. The second-order valence-corrected chi connectivity index (χ2v) is 8.04. The number of piperidine rings is 1. The lowest BCUT2D eigenvalue weighted by Gasteiger charge is -2.39. The van der Waals surface area contributed by atoms with Crippen LogP contribution in [0.5, 0.6) is 0 Å². The molecule has 4 nitrogen and oxygen atoms in total. The van der Waals surface area contributed by atoms with Gasteiger partial charge in [0.25, 0.3) is 0 Å². The highest BCUT2D eigenvalue weighted by Crippen LogP contribution is 2.42. The van der Waals surface area contributed by atoms with Gasteiger partial charge in [-0.3, -0.25) is 4.90 Å². The maximum absolute atomic E-state index is 9.97. The molecule has 1 N–H and O–H groups in total. The SMILES string of the molecule is Cc1ccc(N2CCC(N3C[C@@H]4CCOC[C@]4(CO)C3)CC2)cc1. The summed E-state index contributed by atoms with van der Waals surface area (Å²) in [6.07, 6.45) is 3.56. The molecule has 0 unspecified atom stereocenters. The maximum Gasteiger partial charge on any atom is 0.0559 e. The summed E-state index contributed by atoms with van der Waals surface area (Å²) in [5.74, 6) is 0.617. The minimum Gasteiger partial charge on any atom is -0.396 e. The van der Waals surface area contributed by atoms with Crippen LogP contribution in [-0.2, 0) is 4.74 Å². The van der Waals surface area contributed by atoms with E-state index in [0.29, 0.717) is 12.0 Å². The number of aliphatic hydroxyl groups excluding tert-OH is 1. The fourth-order valence-corrected chi connectivity index (χ4v) is 4.88. The maximum atomic E-state index is 9.97. The summed E-state index contributed by atoms with van der Waals surface area (Å²) in [5, 5.41) is 9.97. The van der Waals surface area contributed by atoms with Crippen LogP contribution in [-0.4, -0.2) is 62.0 Å². The number of aliphatic hydroxyl groups is 1. The highest BCUT2D eigenvalue weighted by atomic mass is 16.5. The van der Waals surface area contributed by atoms with E-state index in [0.717, 1.165) is 45.8 Å². The van der Waals surface area contributed by atoms with Crippen LogP contribution in [0.2, 0.25) is 0 Å². The van der Waals surface area contributed by atoms with Gasteiger partial charge in [0.15, 0.2) is 0 Å². The zero-order valence-electron chi connectivity index (χ0n) is 14.8. The van der Waals surface area contributed by atoms with Crippen LogP contribution in [0, 0.1) is 18.3 Å². The van der Waals surface area contributed by atoms with Crippen molar-refractivity contribution in [2.45, 2.75) is 32.2 Å². The van der Waals surface area contributed by atoms with Gasteiger partial charge < -0.3 is 14.7 Å². The normalized spacial score (nSPS) is 32.1. The minimum absolute atomic E-state index is 0.00629. The Morgan fingerprint density at radius 1 is 1.17 bits per heavy atom. The number of likely N-dealkylation sites (tertiary alicyclic amines) is 1. The van der Waals surface area contributed by atoms with E-state index < -0.39 is 0 Å². The minimum atomic E-state index is 0.00629. The van der Waals surface area contributed by atoms with Crippen LogP contribution in [0.3, 0.4) is 0 Å². The average molecular weight is 330 g/mol. The first-order chi connectivity index (χ1) is 11.7. The summed E-state index contributed by atoms with van der Waals surface area (Å²) in [6, 6.07) is 9.58. The molecule has 0 amide bonds. The molecule has 0 aliphatic carbocycles. The first kappa shape index (κ1) is 16.4. The Hall–Kier alpha value is -1.10. The molecule has 1 aromatic carbocycles. The fraction of sp³-hybridized carbons (Fsp3) is 0.700. The zero-order valence-corrected chi connectivity index (χ0v) is 14.8. The van der Waals surface area contributed by atoms with E-state index >= 15 is 0 Å². The van der Waals surface area contributed by atoms with E-state index in [1.807, 2.05) is 0 Å². The second-order valence-electron chi connectivity index (χ2n) is 8.04. The smallest absolute Gasteiger partial charge is 0.0559 e. The second kappa shape index (κ2) is 6.66. The van der Waals surface area contributed by atoms with E-state index in [4.69, 9.17) is 4.74 Å². The average Bonchev–Trinajstić information content (AvgIpc) is 3.03. The number of anilines is 1. The van der Waals surface area contributed by atoms with Crippen molar-refractivity contribution < 1.29 is 9.84 Å². The van der Waals surface area contributed by atoms with Gasteiger partial charge in [0.1, 0.15) is 0 Å². The van der Waals surface area contributed by atoms with Crippen LogP contribution in [0.15, 0.2) is 24.3 Å². The Balaban J connectivity index is 1.37. The number of hydrogen-bond donors (Lipinski definition) is 1. The first-order valence-corrected chi connectivity index (χ1v) is 9.44. The monoisotopic (exact) mass is 330 g/mol. The lowest BCUT2D eigenvalue weighted by molar-refractivity contribution is -0.0566.